The van der Waals surface area contributed by atoms with E-state index in [1.165, 1.54) is 11.9 Å². The van der Waals surface area contributed by atoms with Gasteiger partial charge in [0.15, 0.2) is 0 Å². The van der Waals surface area contributed by atoms with Gasteiger partial charge in [-0.2, -0.15) is 0 Å². The molecule has 0 spiro atoms. The summed E-state index contributed by atoms with van der Waals surface area (Å²) in [5, 5.41) is 4.61. The Kier molecular flexibility index (Phi) is 4.83. The Morgan fingerprint density at radius 1 is 1.27 bits per heavy atom. The second-order valence-corrected chi connectivity index (χ2v) is 6.00. The minimum atomic E-state index is -0.545. The molecule has 1 aromatic carbocycles. The fourth-order valence-electron chi connectivity index (χ4n) is 3.10. The summed E-state index contributed by atoms with van der Waals surface area (Å²) in [7, 11) is 1.59. The van der Waals surface area contributed by atoms with Gasteiger partial charge in [-0.05, 0) is 38.1 Å². The minimum absolute atomic E-state index is 0.189. The van der Waals surface area contributed by atoms with Crippen LogP contribution in [-0.2, 0) is 14.3 Å². The lowest BCUT2D eigenvalue weighted by Crippen LogP contribution is -2.62. The lowest BCUT2D eigenvalue weighted by atomic mass is 10.1. The van der Waals surface area contributed by atoms with E-state index in [-0.39, 0.29) is 12.5 Å². The van der Waals surface area contributed by atoms with Crippen molar-refractivity contribution < 1.29 is 19.1 Å². The van der Waals surface area contributed by atoms with E-state index in [4.69, 9.17) is 9.47 Å². The molecule has 0 fully saturated rings. The van der Waals surface area contributed by atoms with Crippen molar-refractivity contribution in [2.75, 3.05) is 13.7 Å². The quantitative estimate of drug-likeness (QED) is 0.779. The zero-order valence-corrected chi connectivity index (χ0v) is 15.2. The number of rotatable bonds is 4. The van der Waals surface area contributed by atoms with Gasteiger partial charge in [0.2, 0.25) is 5.91 Å². The molecule has 0 aliphatic carbocycles. The number of fused-ring (bicyclic) bond motifs is 1. The van der Waals surface area contributed by atoms with E-state index in [1.807, 2.05) is 24.3 Å². The highest BCUT2D eigenvalue weighted by Gasteiger charge is 2.44. The Morgan fingerprint density at radius 2 is 1.96 bits per heavy atom. The smallest absolute Gasteiger partial charge is 0.338 e. The van der Waals surface area contributed by atoms with Gasteiger partial charge in [0.25, 0.3) is 0 Å². The van der Waals surface area contributed by atoms with Gasteiger partial charge < -0.3 is 14.8 Å². The molecule has 1 amide bonds. The van der Waals surface area contributed by atoms with Crippen LogP contribution < -0.4 is 15.5 Å². The van der Waals surface area contributed by atoms with Crippen LogP contribution in [0, 0.1) is 0 Å². The van der Waals surface area contributed by atoms with Gasteiger partial charge >= 0.3 is 5.97 Å². The normalized spacial score (nSPS) is 21.4. The predicted molar refractivity (Wildman–Crippen MR) is 95.2 cm³/mol. The summed E-state index contributed by atoms with van der Waals surface area (Å²) < 4.78 is 10.3. The van der Waals surface area contributed by atoms with Crippen molar-refractivity contribution in [3.63, 3.8) is 0 Å². The van der Waals surface area contributed by atoms with Crippen molar-refractivity contribution in [3.8, 4) is 5.75 Å². The molecule has 2 N–H and O–H groups in total. The number of nitrogens with one attached hydrogen (secondary N) is 2. The van der Waals surface area contributed by atoms with Crippen molar-refractivity contribution in [1.82, 2.24) is 15.8 Å². The largest absolute Gasteiger partial charge is 0.497 e. The molecule has 138 valence electrons. The molecule has 2 heterocycles. The van der Waals surface area contributed by atoms with Crippen LogP contribution in [0.3, 0.4) is 0 Å². The second-order valence-electron chi connectivity index (χ2n) is 6.00. The zero-order valence-electron chi connectivity index (χ0n) is 15.2. The average molecular weight is 358 g/mol. The van der Waals surface area contributed by atoms with E-state index >= 15 is 0 Å². The summed E-state index contributed by atoms with van der Waals surface area (Å²) in [6.45, 7) is 5.27. The number of amidine groups is 1. The highest BCUT2D eigenvalue weighted by Crippen LogP contribution is 2.28. The average Bonchev–Trinajstić information content (AvgIpc) is 2.96. The Morgan fingerprint density at radius 3 is 2.54 bits per heavy atom. The van der Waals surface area contributed by atoms with Gasteiger partial charge in [-0.1, -0.05) is 0 Å². The minimum Gasteiger partial charge on any atom is -0.497 e. The zero-order chi connectivity index (χ0) is 18.8. The van der Waals surface area contributed by atoms with Gasteiger partial charge in [-0.25, -0.2) is 9.80 Å². The van der Waals surface area contributed by atoms with Crippen LogP contribution in [0.25, 0.3) is 0 Å². The SMILES string of the molecule is CCOC(=O)C1=C(C)N[C@H]2[C@@H]1N=C(c1ccc(OC)cc1)NN2C(C)=O. The van der Waals surface area contributed by atoms with Crippen molar-refractivity contribution in [1.29, 1.82) is 0 Å². The molecule has 0 radical (unpaired) electrons. The Balaban J connectivity index is 2.00. The van der Waals surface area contributed by atoms with Crippen molar-refractivity contribution >= 4 is 17.7 Å². The van der Waals surface area contributed by atoms with E-state index < -0.39 is 18.2 Å². The molecule has 2 aliphatic rings. The number of allylic oxidation sites excluding steroid dienone is 1. The number of carbonyl (C=O) groups is 2. The lowest BCUT2D eigenvalue weighted by Gasteiger charge is -2.37. The number of benzene rings is 1. The van der Waals surface area contributed by atoms with E-state index in [0.29, 0.717) is 17.1 Å². The highest BCUT2D eigenvalue weighted by atomic mass is 16.5. The predicted octanol–water partition coefficient (Wildman–Crippen LogP) is 0.943. The first kappa shape index (κ1) is 17.8. The third kappa shape index (κ3) is 3.10. The van der Waals surface area contributed by atoms with Gasteiger partial charge in [0.05, 0.1) is 19.3 Å². The van der Waals surface area contributed by atoms with E-state index in [0.717, 1.165) is 11.3 Å². The number of hydrogen-bond acceptors (Lipinski definition) is 7. The van der Waals surface area contributed by atoms with Crippen LogP contribution in [0.1, 0.15) is 26.3 Å². The number of hydrazine groups is 1. The van der Waals surface area contributed by atoms with Crippen LogP contribution in [0.15, 0.2) is 40.5 Å². The van der Waals surface area contributed by atoms with Crippen molar-refractivity contribution in [3.05, 3.63) is 41.1 Å². The first-order valence-corrected chi connectivity index (χ1v) is 8.39. The van der Waals surface area contributed by atoms with Crippen LogP contribution in [0.5, 0.6) is 5.75 Å². The molecule has 0 saturated carbocycles. The van der Waals surface area contributed by atoms with Gasteiger partial charge in [0, 0.05) is 18.2 Å². The standard InChI is InChI=1S/C18H22N4O4/c1-5-26-18(24)14-10(2)19-17-15(14)20-16(21-22(17)11(3)23)12-6-8-13(25-4)9-7-12/h6-9,15,17,19H,5H2,1-4H3,(H,20,21)/t15-,17-/m1/s1. The van der Waals surface area contributed by atoms with Gasteiger partial charge in [-0.15, -0.1) is 0 Å². The number of carbonyl (C=O) groups excluding carboxylic acids is 2. The fraction of sp³-hybridized carbons (Fsp3) is 0.389. The molecular formula is C18H22N4O4. The number of hydrogen-bond donors (Lipinski definition) is 2. The number of esters is 1. The Bertz CT molecular complexity index is 785. The summed E-state index contributed by atoms with van der Waals surface area (Å²) >= 11 is 0. The highest BCUT2D eigenvalue weighted by molar-refractivity contribution is 6.02. The van der Waals surface area contributed by atoms with Crippen LogP contribution in [-0.4, -0.2) is 48.6 Å². The summed E-state index contributed by atoms with van der Waals surface area (Å²) in [5.41, 5.74) is 4.92. The molecular weight excluding hydrogens is 336 g/mol. The number of methoxy groups -OCH3 is 1. The molecule has 0 bridgehead atoms. The van der Waals surface area contributed by atoms with Gasteiger partial charge in [0.1, 0.15) is 23.8 Å². The maximum atomic E-state index is 12.4. The van der Waals surface area contributed by atoms with E-state index in [1.54, 1.807) is 21.0 Å². The molecule has 0 saturated heterocycles. The molecule has 1 aromatic rings. The Labute approximate surface area is 151 Å². The number of amides is 1. The molecule has 26 heavy (non-hydrogen) atoms. The number of aliphatic imine (C=N–C) groups is 1. The molecule has 8 heteroatoms. The summed E-state index contributed by atoms with van der Waals surface area (Å²) in [5.74, 6) is 0.610. The monoisotopic (exact) mass is 358 g/mol. The van der Waals surface area contributed by atoms with E-state index in [2.05, 4.69) is 15.7 Å². The summed E-state index contributed by atoms with van der Waals surface area (Å²) in [4.78, 5) is 29.2. The molecule has 3 rings (SSSR count). The third-order valence-corrected chi connectivity index (χ3v) is 4.33. The fourth-order valence-corrected chi connectivity index (χ4v) is 3.10. The van der Waals surface area contributed by atoms with Crippen LogP contribution in [0.2, 0.25) is 0 Å². The number of ether oxygens (including phenoxy) is 2. The van der Waals surface area contributed by atoms with Crippen molar-refractivity contribution in [2.45, 2.75) is 33.0 Å². The lowest BCUT2D eigenvalue weighted by molar-refractivity contribution is -0.140. The first-order valence-electron chi connectivity index (χ1n) is 8.39. The van der Waals surface area contributed by atoms with Crippen LogP contribution in [0.4, 0.5) is 0 Å². The molecule has 2 aliphatic heterocycles. The van der Waals surface area contributed by atoms with Crippen LogP contribution >= 0.6 is 0 Å². The molecule has 8 nitrogen and oxygen atoms in total. The summed E-state index contributed by atoms with van der Waals surface area (Å²) in [6, 6.07) is 6.75. The number of nitrogens with zero attached hydrogens (tertiary/aromatic N) is 2. The first-order chi connectivity index (χ1) is 12.5. The maximum Gasteiger partial charge on any atom is 0.338 e. The Hall–Kier alpha value is -3.03. The summed E-state index contributed by atoms with van der Waals surface area (Å²) in [6.07, 6.45) is -0.478. The molecule has 2 atom stereocenters. The molecule has 0 aromatic heterocycles. The topological polar surface area (TPSA) is 92.3 Å². The van der Waals surface area contributed by atoms with E-state index in [9.17, 15) is 9.59 Å². The maximum absolute atomic E-state index is 12.4. The van der Waals surface area contributed by atoms with Gasteiger partial charge in [-0.3, -0.25) is 15.2 Å². The molecule has 0 unspecified atom stereocenters. The van der Waals surface area contributed by atoms with Crippen molar-refractivity contribution in [2.24, 2.45) is 4.99 Å². The third-order valence-electron chi connectivity index (χ3n) is 4.33. The second kappa shape index (κ2) is 7.07.